The van der Waals surface area contributed by atoms with Crippen LogP contribution in [0.3, 0.4) is 0 Å². The number of nitriles is 1. The third kappa shape index (κ3) is 6.66. The van der Waals surface area contributed by atoms with E-state index < -0.39 is 17.6 Å². The van der Waals surface area contributed by atoms with Gasteiger partial charge in [-0.15, -0.1) is 0 Å². The maximum absolute atomic E-state index is 13.0. The topological polar surface area (TPSA) is 91.2 Å². The van der Waals surface area contributed by atoms with Crippen molar-refractivity contribution >= 4 is 40.9 Å². The molecule has 0 saturated carbocycles. The molecule has 0 spiro atoms. The van der Waals surface area contributed by atoms with Crippen LogP contribution in [0.4, 0.5) is 15.8 Å². The van der Waals surface area contributed by atoms with Gasteiger partial charge in [-0.2, -0.15) is 5.26 Å². The first kappa shape index (κ1) is 23.5. The number of hydrogen-bond acceptors (Lipinski definition) is 4. The van der Waals surface area contributed by atoms with Crippen LogP contribution < -0.4 is 15.4 Å². The smallest absolute Gasteiger partial charge is 0.266 e. The molecule has 0 aromatic heterocycles. The molecule has 0 bridgehead atoms. The van der Waals surface area contributed by atoms with Crippen LogP contribution in [0.1, 0.15) is 11.1 Å². The monoisotopic (exact) mass is 463 g/mol. The lowest BCUT2D eigenvalue weighted by Crippen LogP contribution is -2.20. The van der Waals surface area contributed by atoms with Crippen LogP contribution in [0.5, 0.6) is 5.75 Å². The lowest BCUT2D eigenvalue weighted by Gasteiger charge is -2.11. The molecule has 0 aliphatic rings. The molecule has 3 aromatic rings. The molecule has 8 heteroatoms. The predicted octanol–water partition coefficient (Wildman–Crippen LogP) is 5.35. The van der Waals surface area contributed by atoms with Crippen LogP contribution in [-0.4, -0.2) is 18.4 Å². The van der Waals surface area contributed by atoms with E-state index in [2.05, 4.69) is 10.6 Å². The first-order valence-corrected chi connectivity index (χ1v) is 10.2. The summed E-state index contributed by atoms with van der Waals surface area (Å²) >= 11 is 6.07. The summed E-state index contributed by atoms with van der Waals surface area (Å²) in [5.41, 5.74) is 2.03. The molecular formula is C25H19ClFN3O3. The summed E-state index contributed by atoms with van der Waals surface area (Å²) in [4.78, 5) is 24.7. The Labute approximate surface area is 195 Å². The molecule has 0 saturated heterocycles. The summed E-state index contributed by atoms with van der Waals surface area (Å²) in [5, 5.41) is 15.2. The van der Waals surface area contributed by atoms with Gasteiger partial charge >= 0.3 is 0 Å². The van der Waals surface area contributed by atoms with Crippen molar-refractivity contribution in [2.45, 2.75) is 6.92 Å². The van der Waals surface area contributed by atoms with Crippen LogP contribution >= 0.6 is 11.6 Å². The largest absolute Gasteiger partial charge is 0.483 e. The van der Waals surface area contributed by atoms with Crippen LogP contribution in [-0.2, 0) is 9.59 Å². The normalized spacial score (nSPS) is 10.8. The number of benzene rings is 3. The molecule has 0 unspecified atom stereocenters. The molecule has 3 aromatic carbocycles. The highest BCUT2D eigenvalue weighted by Gasteiger charge is 2.12. The average molecular weight is 464 g/mol. The van der Waals surface area contributed by atoms with E-state index in [0.717, 1.165) is 5.56 Å². The van der Waals surface area contributed by atoms with Gasteiger partial charge in [0.25, 0.3) is 11.8 Å². The fourth-order valence-corrected chi connectivity index (χ4v) is 2.96. The zero-order valence-electron chi connectivity index (χ0n) is 17.6. The van der Waals surface area contributed by atoms with E-state index in [1.165, 1.54) is 30.3 Å². The number of halogens is 2. The molecular weight excluding hydrogens is 445 g/mol. The number of rotatable bonds is 7. The van der Waals surface area contributed by atoms with E-state index in [4.69, 9.17) is 16.3 Å². The Morgan fingerprint density at radius 3 is 2.45 bits per heavy atom. The van der Waals surface area contributed by atoms with E-state index in [0.29, 0.717) is 27.7 Å². The second-order valence-corrected chi connectivity index (χ2v) is 7.38. The number of para-hydroxylation sites is 1. The van der Waals surface area contributed by atoms with Gasteiger partial charge in [0.15, 0.2) is 6.61 Å². The minimum absolute atomic E-state index is 0.186. The SMILES string of the molecule is Cc1ccc(NC(=O)COc2ccccc2/C=C(\C#N)C(=O)Nc2ccc(F)cc2)cc1Cl. The molecule has 0 atom stereocenters. The fourth-order valence-electron chi connectivity index (χ4n) is 2.78. The zero-order chi connectivity index (χ0) is 23.8. The van der Waals surface area contributed by atoms with E-state index >= 15 is 0 Å². The summed E-state index contributed by atoms with van der Waals surface area (Å²) in [6.07, 6.45) is 1.35. The standard InChI is InChI=1S/C25H19ClFN3O3/c1-16-6-9-21(13-22(16)26)29-24(31)15-33-23-5-3-2-4-17(23)12-18(14-28)25(32)30-20-10-7-19(27)8-11-20/h2-13H,15H2,1H3,(H,29,31)(H,30,32)/b18-12+. The van der Waals surface area contributed by atoms with Crippen molar-refractivity contribution in [2.75, 3.05) is 17.2 Å². The van der Waals surface area contributed by atoms with Gasteiger partial charge in [0.1, 0.15) is 23.2 Å². The zero-order valence-corrected chi connectivity index (χ0v) is 18.3. The number of carbonyl (C=O) groups is 2. The van der Waals surface area contributed by atoms with Crippen molar-refractivity contribution in [3.05, 3.63) is 94.3 Å². The lowest BCUT2D eigenvalue weighted by atomic mass is 10.1. The Morgan fingerprint density at radius 1 is 1.06 bits per heavy atom. The number of anilines is 2. The van der Waals surface area contributed by atoms with Crippen molar-refractivity contribution in [3.63, 3.8) is 0 Å². The van der Waals surface area contributed by atoms with Gasteiger partial charge in [-0.3, -0.25) is 9.59 Å². The average Bonchev–Trinajstić information content (AvgIpc) is 2.80. The first-order chi connectivity index (χ1) is 15.9. The minimum Gasteiger partial charge on any atom is -0.483 e. The number of aryl methyl sites for hydroxylation is 1. The van der Waals surface area contributed by atoms with Gasteiger partial charge < -0.3 is 15.4 Å². The highest BCUT2D eigenvalue weighted by Crippen LogP contribution is 2.23. The van der Waals surface area contributed by atoms with Gasteiger partial charge in [-0.05, 0) is 61.0 Å². The maximum Gasteiger partial charge on any atom is 0.266 e. The van der Waals surface area contributed by atoms with Crippen LogP contribution in [0.25, 0.3) is 6.08 Å². The maximum atomic E-state index is 13.0. The van der Waals surface area contributed by atoms with Crippen molar-refractivity contribution in [3.8, 4) is 11.8 Å². The molecule has 6 nitrogen and oxygen atoms in total. The van der Waals surface area contributed by atoms with Crippen LogP contribution in [0.2, 0.25) is 5.02 Å². The molecule has 0 fully saturated rings. The van der Waals surface area contributed by atoms with Crippen LogP contribution in [0, 0.1) is 24.1 Å². The van der Waals surface area contributed by atoms with Gasteiger partial charge in [0.05, 0.1) is 0 Å². The van der Waals surface area contributed by atoms with Crippen molar-refractivity contribution in [1.29, 1.82) is 5.26 Å². The Morgan fingerprint density at radius 2 is 1.76 bits per heavy atom. The summed E-state index contributed by atoms with van der Waals surface area (Å²) in [6.45, 7) is 1.57. The van der Waals surface area contributed by atoms with Crippen molar-refractivity contribution in [2.24, 2.45) is 0 Å². The number of amides is 2. The highest BCUT2D eigenvalue weighted by molar-refractivity contribution is 6.31. The molecule has 0 heterocycles. The minimum atomic E-state index is -0.659. The predicted molar refractivity (Wildman–Crippen MR) is 125 cm³/mol. The number of hydrogen-bond donors (Lipinski definition) is 2. The molecule has 3 rings (SSSR count). The molecule has 166 valence electrons. The number of ether oxygens (including phenoxy) is 1. The molecule has 0 aliphatic heterocycles. The fraction of sp³-hybridized carbons (Fsp3) is 0.0800. The molecule has 0 aliphatic carbocycles. The quantitative estimate of drug-likeness (QED) is 0.365. The first-order valence-electron chi connectivity index (χ1n) is 9.82. The lowest BCUT2D eigenvalue weighted by molar-refractivity contribution is -0.118. The second kappa shape index (κ2) is 10.9. The van der Waals surface area contributed by atoms with E-state index in [1.807, 2.05) is 13.0 Å². The van der Waals surface area contributed by atoms with Crippen molar-refractivity contribution < 1.29 is 18.7 Å². The van der Waals surface area contributed by atoms with E-state index in [-0.39, 0.29) is 12.2 Å². The third-order valence-corrected chi connectivity index (χ3v) is 4.91. The Bertz CT molecular complexity index is 1250. The Balaban J connectivity index is 1.69. The number of carbonyl (C=O) groups excluding carboxylic acids is 2. The van der Waals surface area contributed by atoms with Gasteiger partial charge in [-0.1, -0.05) is 35.9 Å². The molecule has 2 amide bonds. The molecule has 0 radical (unpaired) electrons. The summed E-state index contributed by atoms with van der Waals surface area (Å²) in [7, 11) is 0. The van der Waals surface area contributed by atoms with Crippen LogP contribution in [0.15, 0.2) is 72.3 Å². The Kier molecular flexibility index (Phi) is 7.79. The highest BCUT2D eigenvalue weighted by atomic mass is 35.5. The number of nitrogens with one attached hydrogen (secondary N) is 2. The van der Waals surface area contributed by atoms with E-state index in [1.54, 1.807) is 42.5 Å². The van der Waals surface area contributed by atoms with Crippen molar-refractivity contribution in [1.82, 2.24) is 0 Å². The second-order valence-electron chi connectivity index (χ2n) is 6.97. The summed E-state index contributed by atoms with van der Waals surface area (Å²) < 4.78 is 18.7. The van der Waals surface area contributed by atoms with Gasteiger partial charge in [-0.25, -0.2) is 4.39 Å². The summed E-state index contributed by atoms with van der Waals surface area (Å²) in [5.74, 6) is -1.18. The van der Waals surface area contributed by atoms with Gasteiger partial charge in [0.2, 0.25) is 0 Å². The third-order valence-electron chi connectivity index (χ3n) is 4.50. The molecule has 2 N–H and O–H groups in total. The van der Waals surface area contributed by atoms with E-state index in [9.17, 15) is 19.2 Å². The Hall–Kier alpha value is -4.15. The summed E-state index contributed by atoms with van der Waals surface area (Å²) in [6, 6.07) is 18.9. The molecule has 33 heavy (non-hydrogen) atoms. The van der Waals surface area contributed by atoms with Gasteiger partial charge in [0, 0.05) is 22.0 Å². The number of nitrogens with zero attached hydrogens (tertiary/aromatic N) is 1.